The van der Waals surface area contributed by atoms with E-state index in [9.17, 15) is 9.59 Å². The molecule has 0 heterocycles. The summed E-state index contributed by atoms with van der Waals surface area (Å²) in [5.41, 5.74) is 0.723. The number of carbonyl (C=O) groups excluding carboxylic acids is 2. The van der Waals surface area contributed by atoms with Crippen molar-refractivity contribution in [2.75, 3.05) is 11.9 Å². The lowest BCUT2D eigenvalue weighted by Crippen LogP contribution is -2.29. The molecule has 0 aromatic heterocycles. The Hall–Kier alpha value is -0.880. The number of amides is 2. The Labute approximate surface area is 135 Å². The molecule has 0 saturated heterocycles. The second-order valence-electron chi connectivity index (χ2n) is 5.03. The van der Waals surface area contributed by atoms with E-state index < -0.39 is 0 Å². The van der Waals surface area contributed by atoms with Crippen LogP contribution < -0.4 is 10.6 Å². The van der Waals surface area contributed by atoms with Crippen LogP contribution in [0, 0.1) is 11.8 Å². The maximum Gasteiger partial charge on any atom is 0.226 e. The van der Waals surface area contributed by atoms with Gasteiger partial charge in [-0.3, -0.25) is 9.59 Å². The second-order valence-corrected chi connectivity index (χ2v) is 6.80. The minimum Gasteiger partial charge on any atom is -0.355 e. The van der Waals surface area contributed by atoms with Crippen molar-refractivity contribution in [3.63, 3.8) is 0 Å². The third kappa shape index (κ3) is 4.31. The van der Waals surface area contributed by atoms with Crippen molar-refractivity contribution in [3.8, 4) is 0 Å². The highest BCUT2D eigenvalue weighted by Gasteiger charge is 2.38. The molecule has 20 heavy (non-hydrogen) atoms. The minimum absolute atomic E-state index is 0.0649. The molecule has 1 saturated carbocycles. The molecule has 2 amide bonds. The number of rotatable bonds is 5. The fourth-order valence-electron chi connectivity index (χ4n) is 1.92. The number of hydrogen-bond donors (Lipinski definition) is 2. The van der Waals surface area contributed by atoms with Crippen molar-refractivity contribution in [1.82, 2.24) is 5.32 Å². The summed E-state index contributed by atoms with van der Waals surface area (Å²) < 4.78 is 1.75. The van der Waals surface area contributed by atoms with Crippen LogP contribution in [0.3, 0.4) is 0 Å². The molecular weight excluding hydrogens is 388 g/mol. The first-order valence-corrected chi connectivity index (χ1v) is 8.08. The van der Waals surface area contributed by atoms with Crippen molar-refractivity contribution in [2.45, 2.75) is 19.8 Å². The lowest BCUT2D eigenvalue weighted by molar-refractivity contribution is -0.122. The Kier molecular flexibility index (Phi) is 5.21. The van der Waals surface area contributed by atoms with Crippen LogP contribution in [0.4, 0.5) is 5.69 Å². The Bertz CT molecular complexity index is 534. The van der Waals surface area contributed by atoms with E-state index >= 15 is 0 Å². The van der Waals surface area contributed by atoms with Gasteiger partial charge in [0.2, 0.25) is 11.8 Å². The van der Waals surface area contributed by atoms with E-state index in [1.165, 1.54) is 0 Å². The van der Waals surface area contributed by atoms with Gasteiger partial charge in [0.05, 0.1) is 5.69 Å². The molecule has 1 aliphatic carbocycles. The molecule has 4 nitrogen and oxygen atoms in total. The van der Waals surface area contributed by atoms with Crippen LogP contribution in [0.1, 0.15) is 19.8 Å². The van der Waals surface area contributed by atoms with Gasteiger partial charge in [0.25, 0.3) is 0 Å². The largest absolute Gasteiger partial charge is 0.355 e. The molecule has 1 aliphatic rings. The highest BCUT2D eigenvalue weighted by molar-refractivity contribution is 9.11. The topological polar surface area (TPSA) is 58.2 Å². The first-order chi connectivity index (χ1) is 9.47. The van der Waals surface area contributed by atoms with Gasteiger partial charge in [0.1, 0.15) is 0 Å². The standard InChI is InChI=1S/C14H16Br2N2O2/c1-8-6-10(8)14(20)17-5-4-13(19)18-12-3-2-9(15)7-11(12)16/h2-3,7-8,10H,4-6H2,1H3,(H,17,20)(H,18,19). The molecule has 0 radical (unpaired) electrons. The summed E-state index contributed by atoms with van der Waals surface area (Å²) in [5, 5.41) is 5.60. The molecule has 0 spiro atoms. The van der Waals surface area contributed by atoms with E-state index in [0.717, 1.165) is 21.1 Å². The lowest BCUT2D eigenvalue weighted by Gasteiger charge is -2.08. The summed E-state index contributed by atoms with van der Waals surface area (Å²) in [5.74, 6) is 0.591. The summed E-state index contributed by atoms with van der Waals surface area (Å²) >= 11 is 6.74. The zero-order chi connectivity index (χ0) is 14.7. The van der Waals surface area contributed by atoms with E-state index in [1.807, 2.05) is 18.2 Å². The molecule has 2 N–H and O–H groups in total. The van der Waals surface area contributed by atoms with Gasteiger partial charge in [-0.05, 0) is 46.5 Å². The predicted octanol–water partition coefficient (Wildman–Crippen LogP) is 3.31. The molecule has 6 heteroatoms. The predicted molar refractivity (Wildman–Crippen MR) is 85.4 cm³/mol. The average Bonchev–Trinajstić information content (AvgIpc) is 3.10. The molecule has 0 bridgehead atoms. The SMILES string of the molecule is CC1CC1C(=O)NCCC(=O)Nc1ccc(Br)cc1Br. The molecule has 1 aromatic rings. The van der Waals surface area contributed by atoms with Gasteiger partial charge >= 0.3 is 0 Å². The maximum atomic E-state index is 11.8. The van der Waals surface area contributed by atoms with Crippen molar-refractivity contribution < 1.29 is 9.59 Å². The molecule has 1 aromatic carbocycles. The lowest BCUT2D eigenvalue weighted by atomic mass is 10.3. The van der Waals surface area contributed by atoms with Crippen molar-refractivity contribution in [3.05, 3.63) is 27.1 Å². The van der Waals surface area contributed by atoms with Crippen molar-refractivity contribution in [2.24, 2.45) is 11.8 Å². The fourth-order valence-corrected chi connectivity index (χ4v) is 3.07. The Morgan fingerprint density at radius 1 is 1.35 bits per heavy atom. The number of carbonyl (C=O) groups is 2. The second kappa shape index (κ2) is 6.72. The summed E-state index contributed by atoms with van der Waals surface area (Å²) in [7, 11) is 0. The molecular formula is C14H16Br2N2O2. The van der Waals surface area contributed by atoms with Gasteiger partial charge < -0.3 is 10.6 Å². The first kappa shape index (κ1) is 15.5. The number of anilines is 1. The van der Waals surface area contributed by atoms with Gasteiger partial charge in [0, 0.05) is 27.8 Å². The first-order valence-electron chi connectivity index (χ1n) is 6.50. The van der Waals surface area contributed by atoms with Gasteiger partial charge in [-0.1, -0.05) is 22.9 Å². The van der Waals surface area contributed by atoms with Crippen LogP contribution in [0.25, 0.3) is 0 Å². The highest BCUT2D eigenvalue weighted by atomic mass is 79.9. The normalized spacial score (nSPS) is 20.4. The minimum atomic E-state index is -0.114. The number of hydrogen-bond acceptors (Lipinski definition) is 2. The summed E-state index contributed by atoms with van der Waals surface area (Å²) in [6, 6.07) is 5.54. The zero-order valence-corrected chi connectivity index (χ0v) is 14.3. The van der Waals surface area contributed by atoms with Crippen LogP contribution in [-0.4, -0.2) is 18.4 Å². The van der Waals surface area contributed by atoms with Crippen molar-refractivity contribution in [1.29, 1.82) is 0 Å². The van der Waals surface area contributed by atoms with Gasteiger partial charge in [-0.25, -0.2) is 0 Å². The third-order valence-corrected chi connectivity index (χ3v) is 4.45. The molecule has 108 valence electrons. The Balaban J connectivity index is 1.73. The number of halogens is 2. The molecule has 1 fully saturated rings. The van der Waals surface area contributed by atoms with E-state index in [4.69, 9.17) is 0 Å². The quantitative estimate of drug-likeness (QED) is 0.792. The summed E-state index contributed by atoms with van der Waals surface area (Å²) in [6.07, 6.45) is 1.24. The van der Waals surface area contributed by atoms with Crippen LogP contribution in [0.15, 0.2) is 27.1 Å². The number of nitrogens with one attached hydrogen (secondary N) is 2. The third-order valence-electron chi connectivity index (χ3n) is 3.30. The maximum absolute atomic E-state index is 11.8. The summed E-state index contributed by atoms with van der Waals surface area (Å²) in [4.78, 5) is 23.4. The average molecular weight is 404 g/mol. The molecule has 2 unspecified atom stereocenters. The van der Waals surface area contributed by atoms with Crippen molar-refractivity contribution >= 4 is 49.4 Å². The zero-order valence-electron chi connectivity index (χ0n) is 11.1. The van der Waals surface area contributed by atoms with E-state index in [1.54, 1.807) is 0 Å². The van der Waals surface area contributed by atoms with Crippen LogP contribution in [-0.2, 0) is 9.59 Å². The molecule has 2 rings (SSSR count). The summed E-state index contributed by atoms with van der Waals surface area (Å²) in [6.45, 7) is 2.43. The fraction of sp³-hybridized carbons (Fsp3) is 0.429. The van der Waals surface area contributed by atoms with E-state index in [-0.39, 0.29) is 24.2 Å². The van der Waals surface area contributed by atoms with Gasteiger partial charge in [-0.15, -0.1) is 0 Å². The van der Waals surface area contributed by atoms with E-state index in [2.05, 4.69) is 49.4 Å². The monoisotopic (exact) mass is 402 g/mol. The Morgan fingerprint density at radius 2 is 2.05 bits per heavy atom. The van der Waals surface area contributed by atoms with Crippen LogP contribution in [0.2, 0.25) is 0 Å². The molecule has 2 atom stereocenters. The smallest absolute Gasteiger partial charge is 0.226 e. The molecule has 0 aliphatic heterocycles. The highest BCUT2D eigenvalue weighted by Crippen LogP contribution is 2.37. The van der Waals surface area contributed by atoms with Crippen LogP contribution in [0.5, 0.6) is 0 Å². The van der Waals surface area contributed by atoms with E-state index in [0.29, 0.717) is 12.5 Å². The number of benzene rings is 1. The van der Waals surface area contributed by atoms with Gasteiger partial charge in [-0.2, -0.15) is 0 Å². The van der Waals surface area contributed by atoms with Crippen LogP contribution >= 0.6 is 31.9 Å². The Morgan fingerprint density at radius 3 is 2.65 bits per heavy atom. The van der Waals surface area contributed by atoms with Gasteiger partial charge in [0.15, 0.2) is 0 Å².